The number of nitrogens with zero attached hydrogens (tertiary/aromatic N) is 2. The van der Waals surface area contributed by atoms with Crippen LogP contribution in [-0.2, 0) is 0 Å². The number of hydrogen-bond donors (Lipinski definition) is 0. The fourth-order valence-electron chi connectivity index (χ4n) is 5.70. The monoisotopic (exact) mass is 598 g/mol. The summed E-state index contributed by atoms with van der Waals surface area (Å²) < 4.78 is 7.50. The van der Waals surface area contributed by atoms with Crippen molar-refractivity contribution >= 4 is 36.9 Å². The summed E-state index contributed by atoms with van der Waals surface area (Å²) in [4.78, 5) is 13.3. The number of nitro groups is 1. The van der Waals surface area contributed by atoms with Gasteiger partial charge in [0.25, 0.3) is 0 Å². The Morgan fingerprint density at radius 2 is 1.41 bits per heavy atom. The molecule has 1 unspecified atom stereocenters. The number of non-ortho nitro benzene ring substituents is 1. The van der Waals surface area contributed by atoms with Gasteiger partial charge in [-0.3, -0.25) is 0 Å². The maximum atomic E-state index is 11.2. The van der Waals surface area contributed by atoms with Crippen LogP contribution in [0.2, 0.25) is 0 Å². The van der Waals surface area contributed by atoms with Crippen molar-refractivity contribution in [1.82, 2.24) is 0 Å². The summed E-state index contributed by atoms with van der Waals surface area (Å²) in [6.07, 6.45) is 26.1. The fourth-order valence-corrected chi connectivity index (χ4v) is 8.45. The number of benzene rings is 2. The molecule has 0 saturated heterocycles. The predicted molar refractivity (Wildman–Crippen MR) is 164 cm³/mol. The van der Waals surface area contributed by atoms with Crippen molar-refractivity contribution in [2.24, 2.45) is 0 Å². The fraction of sp³-hybridized carbons (Fsp3) is 0.576. The van der Waals surface area contributed by atoms with Crippen LogP contribution in [0.1, 0.15) is 115 Å². The summed E-state index contributed by atoms with van der Waals surface area (Å²) in [5.41, 5.74) is 2.15. The molecule has 2 heterocycles. The first-order valence-corrected chi connectivity index (χ1v) is 17.1. The van der Waals surface area contributed by atoms with Crippen LogP contribution < -0.4 is 14.1 Å². The van der Waals surface area contributed by atoms with Gasteiger partial charge in [-0.25, -0.2) is 0 Å². The van der Waals surface area contributed by atoms with Crippen molar-refractivity contribution in [1.29, 1.82) is 0 Å². The molecule has 5 nitrogen and oxygen atoms in total. The van der Waals surface area contributed by atoms with Crippen LogP contribution in [0, 0.1) is 10.1 Å². The van der Waals surface area contributed by atoms with Gasteiger partial charge in [0.15, 0.2) is 0 Å². The minimum absolute atomic E-state index is 0.0919. The Morgan fingerprint density at radius 3 is 2.03 bits per heavy atom. The number of ether oxygens (including phenoxy) is 1. The summed E-state index contributed by atoms with van der Waals surface area (Å²) in [5.74, 6) is 0.731. The van der Waals surface area contributed by atoms with E-state index in [9.17, 15) is 10.1 Å². The first kappa shape index (κ1) is 29.7. The van der Waals surface area contributed by atoms with E-state index in [-0.39, 0.29) is 25.6 Å². The molecule has 2 aromatic carbocycles. The molecule has 0 aromatic heterocycles. The van der Waals surface area contributed by atoms with Crippen LogP contribution >= 0.6 is 0 Å². The Bertz CT molecular complexity index is 1090. The number of para-hydroxylation sites is 1. The minimum atomic E-state index is -0.491. The number of hydrogen-bond acceptors (Lipinski definition) is 4. The standard InChI is InChI=1S/C33H46N2O3Se/c1-2-3-4-5-6-7-8-9-10-11-12-13-14-15-16-19-26-34-30-20-17-18-21-32(30)39-33(34)25-24-28-27-29(35(36)37)22-23-31(28)38-33/h17-18,20-25,27H,2-16,19,26H2,1H3. The van der Waals surface area contributed by atoms with Gasteiger partial charge in [-0.1, -0.05) is 51.9 Å². The molecule has 0 bridgehead atoms. The van der Waals surface area contributed by atoms with Gasteiger partial charge in [-0.2, -0.15) is 0 Å². The second-order valence-corrected chi connectivity index (χ2v) is 13.6. The molecule has 0 saturated carbocycles. The number of nitro benzene ring substituents is 1. The van der Waals surface area contributed by atoms with Gasteiger partial charge in [0.1, 0.15) is 0 Å². The quantitative estimate of drug-likeness (QED) is 0.0746. The van der Waals surface area contributed by atoms with E-state index in [1.54, 1.807) is 18.2 Å². The van der Waals surface area contributed by atoms with E-state index in [2.05, 4.69) is 42.2 Å². The van der Waals surface area contributed by atoms with Crippen LogP contribution in [0.15, 0.2) is 48.5 Å². The molecule has 39 heavy (non-hydrogen) atoms. The van der Waals surface area contributed by atoms with E-state index in [1.165, 1.54) is 106 Å². The van der Waals surface area contributed by atoms with E-state index >= 15 is 0 Å². The number of fused-ring (bicyclic) bond motifs is 2. The van der Waals surface area contributed by atoms with Crippen molar-refractivity contribution in [2.45, 2.75) is 114 Å². The second kappa shape index (κ2) is 15.5. The molecular formula is C33H46N2O3Se. The summed E-state index contributed by atoms with van der Waals surface area (Å²) in [6, 6.07) is 13.5. The van der Waals surface area contributed by atoms with Gasteiger partial charge in [0.2, 0.25) is 0 Å². The normalized spacial score (nSPS) is 17.3. The third kappa shape index (κ3) is 8.35. The molecular weight excluding hydrogens is 551 g/mol. The number of unbranched alkanes of at least 4 members (excludes halogenated alkanes) is 15. The Labute approximate surface area is 241 Å². The first-order chi connectivity index (χ1) is 19.1. The van der Waals surface area contributed by atoms with Crippen molar-refractivity contribution in [2.75, 3.05) is 11.4 Å². The molecule has 212 valence electrons. The first-order valence-electron chi connectivity index (χ1n) is 15.4. The van der Waals surface area contributed by atoms with E-state index in [4.69, 9.17) is 4.74 Å². The maximum absolute atomic E-state index is 11.2. The van der Waals surface area contributed by atoms with Crippen LogP contribution in [0.25, 0.3) is 6.08 Å². The van der Waals surface area contributed by atoms with Crippen LogP contribution in [-0.4, -0.2) is 31.0 Å². The summed E-state index contributed by atoms with van der Waals surface area (Å²) >= 11 is 0.0919. The number of rotatable bonds is 18. The van der Waals surface area contributed by atoms with Crippen LogP contribution in [0.4, 0.5) is 11.4 Å². The summed E-state index contributed by atoms with van der Waals surface area (Å²) in [6.45, 7) is 3.25. The molecule has 0 N–H and O–H groups in total. The van der Waals surface area contributed by atoms with Gasteiger partial charge in [0.05, 0.1) is 0 Å². The molecule has 1 spiro atoms. The predicted octanol–water partition coefficient (Wildman–Crippen LogP) is 8.77. The molecule has 0 amide bonds. The molecule has 6 heteroatoms. The Morgan fingerprint density at radius 1 is 0.821 bits per heavy atom. The molecule has 2 aliphatic heterocycles. The molecule has 0 aliphatic carbocycles. The SMILES string of the molecule is CCCCCCCCCCCCCCCCCCN1c2ccccc2[Se]C12C=Cc1cc([N+](=O)[O-])ccc1O2. The summed E-state index contributed by atoms with van der Waals surface area (Å²) in [7, 11) is 0. The van der Waals surface area contributed by atoms with E-state index in [1.807, 2.05) is 6.08 Å². The zero-order valence-electron chi connectivity index (χ0n) is 23.7. The molecule has 0 fully saturated rings. The van der Waals surface area contributed by atoms with E-state index in [0.29, 0.717) is 0 Å². The van der Waals surface area contributed by atoms with Gasteiger partial charge in [-0.05, 0) is 0 Å². The molecule has 2 aliphatic rings. The summed E-state index contributed by atoms with van der Waals surface area (Å²) in [5, 5.41) is 11.2. The van der Waals surface area contributed by atoms with Gasteiger partial charge >= 0.3 is 190 Å². The van der Waals surface area contributed by atoms with E-state index in [0.717, 1.165) is 24.3 Å². The van der Waals surface area contributed by atoms with E-state index < -0.39 is 4.62 Å². The van der Waals surface area contributed by atoms with Crippen molar-refractivity contribution in [3.05, 3.63) is 64.2 Å². The zero-order chi connectivity index (χ0) is 27.3. The molecule has 0 radical (unpaired) electrons. The Hall–Kier alpha value is -2.30. The Kier molecular flexibility index (Phi) is 11.8. The molecule has 2 aromatic rings. The molecule has 4 rings (SSSR count). The van der Waals surface area contributed by atoms with Crippen LogP contribution in [0.3, 0.4) is 0 Å². The van der Waals surface area contributed by atoms with Crippen molar-refractivity contribution in [3.63, 3.8) is 0 Å². The topological polar surface area (TPSA) is 55.6 Å². The number of anilines is 1. The van der Waals surface area contributed by atoms with Gasteiger partial charge in [0, 0.05) is 0 Å². The van der Waals surface area contributed by atoms with Gasteiger partial charge in [-0.15, -0.1) is 0 Å². The third-order valence-corrected chi connectivity index (χ3v) is 10.7. The Balaban J connectivity index is 1.15. The third-order valence-electron chi connectivity index (χ3n) is 7.96. The average molecular weight is 598 g/mol. The zero-order valence-corrected chi connectivity index (χ0v) is 25.5. The average Bonchev–Trinajstić information content (AvgIpc) is 3.24. The van der Waals surface area contributed by atoms with Crippen LogP contribution in [0.5, 0.6) is 5.75 Å². The van der Waals surface area contributed by atoms with Crippen molar-refractivity contribution in [3.8, 4) is 5.75 Å². The van der Waals surface area contributed by atoms with Gasteiger partial charge < -0.3 is 0 Å². The molecule has 1 atom stereocenters. The second-order valence-electron chi connectivity index (χ2n) is 11.1. The van der Waals surface area contributed by atoms with Crippen molar-refractivity contribution < 1.29 is 9.66 Å².